The molecule has 0 bridgehead atoms. The zero-order chi connectivity index (χ0) is 20.0. The van der Waals surface area contributed by atoms with E-state index < -0.39 is 5.41 Å². The molecule has 7 heteroatoms. The molecule has 0 unspecified atom stereocenters. The molecule has 0 radical (unpaired) electrons. The highest BCUT2D eigenvalue weighted by atomic mass is 32.1. The Hall–Kier alpha value is -1.73. The molecule has 2 heterocycles. The fraction of sp³-hybridized carbons (Fsp3) is 0.571. The van der Waals surface area contributed by atoms with Gasteiger partial charge >= 0.3 is 5.97 Å². The molecule has 0 spiro atoms. The van der Waals surface area contributed by atoms with Gasteiger partial charge in [0.1, 0.15) is 4.88 Å². The van der Waals surface area contributed by atoms with E-state index in [0.29, 0.717) is 16.6 Å². The minimum Gasteiger partial charge on any atom is -0.462 e. The van der Waals surface area contributed by atoms with Crippen molar-refractivity contribution in [2.24, 2.45) is 5.92 Å². The summed E-state index contributed by atoms with van der Waals surface area (Å²) >= 11 is 2.73. The van der Waals surface area contributed by atoms with E-state index in [9.17, 15) is 9.59 Å². The molecule has 2 aromatic heterocycles. The maximum atomic E-state index is 12.4. The monoisotopic (exact) mass is 420 g/mol. The van der Waals surface area contributed by atoms with Gasteiger partial charge in [0.15, 0.2) is 5.13 Å². The topological polar surface area (TPSA) is 68.3 Å². The molecule has 0 aliphatic heterocycles. The molecule has 2 aliphatic carbocycles. The van der Waals surface area contributed by atoms with Crippen LogP contribution in [0.5, 0.6) is 0 Å². The fourth-order valence-electron chi connectivity index (χ4n) is 3.43. The van der Waals surface area contributed by atoms with Gasteiger partial charge < -0.3 is 10.1 Å². The minimum atomic E-state index is -0.499. The summed E-state index contributed by atoms with van der Waals surface area (Å²) in [5, 5.41) is 5.27. The van der Waals surface area contributed by atoms with E-state index in [0.717, 1.165) is 23.6 Å². The normalized spacial score (nSPS) is 17.9. The molecule has 2 fully saturated rings. The number of carbonyl (C=O) groups excluding carboxylic acids is 2. The van der Waals surface area contributed by atoms with Gasteiger partial charge in [-0.3, -0.25) is 4.79 Å². The minimum absolute atomic E-state index is 0.0466. The van der Waals surface area contributed by atoms with Gasteiger partial charge in [0.25, 0.3) is 0 Å². The quantitative estimate of drug-likeness (QED) is 0.636. The van der Waals surface area contributed by atoms with E-state index in [1.165, 1.54) is 54.8 Å². The van der Waals surface area contributed by atoms with E-state index in [2.05, 4.69) is 17.2 Å². The van der Waals surface area contributed by atoms with Crippen molar-refractivity contribution >= 4 is 39.7 Å². The Labute approximate surface area is 174 Å². The lowest BCUT2D eigenvalue weighted by molar-refractivity contribution is -0.118. The van der Waals surface area contributed by atoms with Crippen molar-refractivity contribution in [2.45, 2.75) is 64.2 Å². The number of carbonyl (C=O) groups is 2. The maximum absolute atomic E-state index is 12.4. The van der Waals surface area contributed by atoms with E-state index >= 15 is 0 Å². The molecule has 152 valence electrons. The van der Waals surface area contributed by atoms with Crippen molar-refractivity contribution in [3.8, 4) is 0 Å². The molecule has 0 atom stereocenters. The highest BCUT2D eigenvalue weighted by Gasteiger charge is 2.52. The Balaban J connectivity index is 0.000000271. The SMILES string of the molecule is CC1CCCCC1.CCOC(=O)c1ccc(C2(C(=O)Nc3nccs3)CC2)s1. The summed E-state index contributed by atoms with van der Waals surface area (Å²) in [7, 11) is 0. The van der Waals surface area contributed by atoms with Crippen LogP contribution in [0.15, 0.2) is 23.7 Å². The van der Waals surface area contributed by atoms with Crippen LogP contribution < -0.4 is 5.32 Å². The van der Waals surface area contributed by atoms with Crippen molar-refractivity contribution in [2.75, 3.05) is 11.9 Å². The lowest BCUT2D eigenvalue weighted by atomic mass is 9.91. The Bertz CT molecular complexity index is 775. The number of hydrogen-bond donors (Lipinski definition) is 1. The molecule has 2 aliphatic rings. The maximum Gasteiger partial charge on any atom is 0.348 e. The zero-order valence-electron chi connectivity index (χ0n) is 16.5. The molecule has 0 saturated heterocycles. The summed E-state index contributed by atoms with van der Waals surface area (Å²) in [6.07, 6.45) is 10.7. The summed E-state index contributed by atoms with van der Waals surface area (Å²) < 4.78 is 4.98. The molecule has 4 rings (SSSR count). The molecule has 1 amide bonds. The number of hydrogen-bond acceptors (Lipinski definition) is 6. The first-order chi connectivity index (χ1) is 13.5. The molecule has 2 saturated carbocycles. The molecule has 2 aromatic rings. The molecule has 5 nitrogen and oxygen atoms in total. The number of esters is 1. The van der Waals surface area contributed by atoms with Crippen LogP contribution in [0.3, 0.4) is 0 Å². The number of anilines is 1. The number of aromatic nitrogens is 1. The van der Waals surface area contributed by atoms with Gasteiger partial charge in [-0.05, 0) is 37.8 Å². The van der Waals surface area contributed by atoms with Crippen LogP contribution in [0.1, 0.15) is 73.3 Å². The van der Waals surface area contributed by atoms with Crippen molar-refractivity contribution < 1.29 is 14.3 Å². The summed E-state index contributed by atoms with van der Waals surface area (Å²) in [5.41, 5.74) is -0.499. The lowest BCUT2D eigenvalue weighted by Crippen LogP contribution is -2.26. The first-order valence-electron chi connectivity index (χ1n) is 10.0. The van der Waals surface area contributed by atoms with Crippen LogP contribution in [0.25, 0.3) is 0 Å². The van der Waals surface area contributed by atoms with Gasteiger partial charge in [-0.25, -0.2) is 9.78 Å². The molecule has 28 heavy (non-hydrogen) atoms. The molecule has 0 aromatic carbocycles. The van der Waals surface area contributed by atoms with Crippen LogP contribution >= 0.6 is 22.7 Å². The first kappa shape index (κ1) is 21.0. The van der Waals surface area contributed by atoms with Crippen LogP contribution in [0.2, 0.25) is 0 Å². The smallest absolute Gasteiger partial charge is 0.348 e. The van der Waals surface area contributed by atoms with Crippen LogP contribution in [0, 0.1) is 5.92 Å². The zero-order valence-corrected chi connectivity index (χ0v) is 18.2. The predicted molar refractivity (Wildman–Crippen MR) is 114 cm³/mol. The van der Waals surface area contributed by atoms with E-state index in [-0.39, 0.29) is 11.9 Å². The number of rotatable bonds is 5. The summed E-state index contributed by atoms with van der Waals surface area (Å²) in [5.74, 6) is 0.661. The highest BCUT2D eigenvalue weighted by molar-refractivity contribution is 7.14. The Morgan fingerprint density at radius 1 is 1.25 bits per heavy atom. The number of amides is 1. The van der Waals surface area contributed by atoms with Crippen LogP contribution in [-0.2, 0) is 14.9 Å². The van der Waals surface area contributed by atoms with Gasteiger partial charge in [-0.1, -0.05) is 39.0 Å². The predicted octanol–water partition coefficient (Wildman–Crippen LogP) is 5.64. The highest BCUT2D eigenvalue weighted by Crippen LogP contribution is 2.51. The molecular formula is C21H28N2O3S2. The number of nitrogens with zero attached hydrogens (tertiary/aromatic N) is 1. The Kier molecular flexibility index (Phi) is 7.24. The first-order valence-corrected chi connectivity index (χ1v) is 11.7. The number of ether oxygens (including phenoxy) is 1. The average Bonchev–Trinajstić information content (AvgIpc) is 3.10. The van der Waals surface area contributed by atoms with Crippen molar-refractivity contribution in [1.29, 1.82) is 0 Å². The molecule has 1 N–H and O–H groups in total. The summed E-state index contributed by atoms with van der Waals surface area (Å²) in [6, 6.07) is 3.58. The number of thiazole rings is 1. The second-order valence-electron chi connectivity index (χ2n) is 7.50. The van der Waals surface area contributed by atoms with Gasteiger partial charge in [-0.15, -0.1) is 22.7 Å². The third-order valence-electron chi connectivity index (χ3n) is 5.29. The van der Waals surface area contributed by atoms with E-state index in [4.69, 9.17) is 4.74 Å². The second-order valence-corrected chi connectivity index (χ2v) is 9.48. The van der Waals surface area contributed by atoms with E-state index in [1.54, 1.807) is 19.2 Å². The summed E-state index contributed by atoms with van der Waals surface area (Å²) in [4.78, 5) is 29.7. The third kappa shape index (κ3) is 5.20. The largest absolute Gasteiger partial charge is 0.462 e. The summed E-state index contributed by atoms with van der Waals surface area (Å²) in [6.45, 7) is 4.48. The standard InChI is InChI=1S/C14H14N2O3S2.C7H14/c1-2-19-11(17)9-3-4-10(21-9)14(5-6-14)12(18)16-13-15-7-8-20-13;1-7-5-3-2-4-6-7/h3-4,7-8H,2,5-6H2,1H3,(H,15,16,18);7H,2-6H2,1H3. The lowest BCUT2D eigenvalue weighted by Gasteiger charge is -2.15. The fourth-order valence-corrected chi connectivity index (χ4v) is 5.09. The van der Waals surface area contributed by atoms with Crippen molar-refractivity contribution in [3.05, 3.63) is 33.5 Å². The number of nitrogens with one attached hydrogen (secondary N) is 1. The van der Waals surface area contributed by atoms with Crippen LogP contribution in [0.4, 0.5) is 5.13 Å². The van der Waals surface area contributed by atoms with E-state index in [1.807, 2.05) is 11.4 Å². The van der Waals surface area contributed by atoms with Gasteiger partial charge in [-0.2, -0.15) is 0 Å². The van der Waals surface area contributed by atoms with Crippen LogP contribution in [-0.4, -0.2) is 23.5 Å². The van der Waals surface area contributed by atoms with Gasteiger partial charge in [0.05, 0.1) is 12.0 Å². The Morgan fingerprint density at radius 3 is 2.54 bits per heavy atom. The Morgan fingerprint density at radius 2 is 2.00 bits per heavy atom. The average molecular weight is 421 g/mol. The van der Waals surface area contributed by atoms with Crippen molar-refractivity contribution in [3.63, 3.8) is 0 Å². The van der Waals surface area contributed by atoms with Gasteiger partial charge in [0.2, 0.25) is 5.91 Å². The molecular weight excluding hydrogens is 392 g/mol. The third-order valence-corrected chi connectivity index (χ3v) is 7.24. The number of thiophene rings is 1. The van der Waals surface area contributed by atoms with Crippen molar-refractivity contribution in [1.82, 2.24) is 4.98 Å². The second kappa shape index (κ2) is 9.65. The van der Waals surface area contributed by atoms with Gasteiger partial charge in [0, 0.05) is 16.5 Å².